The van der Waals surface area contributed by atoms with E-state index in [1.165, 1.54) is 12.1 Å². The van der Waals surface area contributed by atoms with Crippen molar-refractivity contribution in [3.05, 3.63) is 34.4 Å². The van der Waals surface area contributed by atoms with E-state index in [2.05, 4.69) is 9.73 Å². The lowest BCUT2D eigenvalue weighted by atomic mass is 10.0. The van der Waals surface area contributed by atoms with E-state index in [1.54, 1.807) is 0 Å². The van der Waals surface area contributed by atoms with E-state index < -0.39 is 5.63 Å². The molecule has 1 atom stereocenters. The zero-order valence-electron chi connectivity index (χ0n) is 9.97. The van der Waals surface area contributed by atoms with E-state index in [1.807, 2.05) is 13.8 Å². The molecule has 0 aliphatic rings. The van der Waals surface area contributed by atoms with Gasteiger partial charge in [-0.25, -0.2) is 4.79 Å². The van der Waals surface area contributed by atoms with Crippen LogP contribution >= 0.6 is 0 Å². The SMILES string of the molecule is CC(C)C(CCO)NC(=O)c1ccc(=O)oc1. The summed E-state index contributed by atoms with van der Waals surface area (Å²) < 4.78 is 4.62. The first-order valence-electron chi connectivity index (χ1n) is 5.55. The highest BCUT2D eigenvalue weighted by Gasteiger charge is 2.16. The van der Waals surface area contributed by atoms with Crippen LogP contribution in [0.3, 0.4) is 0 Å². The zero-order valence-corrected chi connectivity index (χ0v) is 9.97. The molecule has 1 aromatic rings. The van der Waals surface area contributed by atoms with E-state index in [-0.39, 0.29) is 24.5 Å². The molecule has 0 spiro atoms. The lowest BCUT2D eigenvalue weighted by Crippen LogP contribution is -2.39. The average molecular weight is 239 g/mol. The Morgan fingerprint density at radius 3 is 2.65 bits per heavy atom. The predicted octanol–water partition coefficient (Wildman–Crippen LogP) is 0.777. The van der Waals surface area contributed by atoms with Crippen LogP contribution < -0.4 is 10.9 Å². The van der Waals surface area contributed by atoms with Crippen molar-refractivity contribution in [2.75, 3.05) is 6.61 Å². The van der Waals surface area contributed by atoms with Gasteiger partial charge in [-0.3, -0.25) is 4.79 Å². The lowest BCUT2D eigenvalue weighted by Gasteiger charge is -2.21. The maximum atomic E-state index is 11.8. The third kappa shape index (κ3) is 4.03. The normalized spacial score (nSPS) is 12.5. The summed E-state index contributed by atoms with van der Waals surface area (Å²) in [6.45, 7) is 3.95. The number of carbonyl (C=O) groups is 1. The van der Waals surface area contributed by atoms with Crippen LogP contribution in [0.15, 0.2) is 27.6 Å². The Bertz CT molecular complexity index is 404. The molecule has 0 aliphatic heterocycles. The van der Waals surface area contributed by atoms with Crippen LogP contribution in [0.4, 0.5) is 0 Å². The molecular formula is C12H17NO4. The van der Waals surface area contributed by atoms with Gasteiger partial charge in [0, 0.05) is 18.7 Å². The van der Waals surface area contributed by atoms with Crippen LogP contribution in [-0.4, -0.2) is 23.7 Å². The first kappa shape index (κ1) is 13.4. The fourth-order valence-electron chi connectivity index (χ4n) is 1.45. The summed E-state index contributed by atoms with van der Waals surface area (Å²) in [4.78, 5) is 22.5. The molecule has 0 fully saturated rings. The minimum Gasteiger partial charge on any atom is -0.430 e. The van der Waals surface area contributed by atoms with E-state index in [4.69, 9.17) is 5.11 Å². The maximum absolute atomic E-state index is 11.8. The van der Waals surface area contributed by atoms with Gasteiger partial charge in [0.15, 0.2) is 0 Å². The lowest BCUT2D eigenvalue weighted by molar-refractivity contribution is 0.0914. The smallest absolute Gasteiger partial charge is 0.335 e. The van der Waals surface area contributed by atoms with Crippen molar-refractivity contribution in [3.8, 4) is 0 Å². The Labute approximate surface area is 99.5 Å². The van der Waals surface area contributed by atoms with Crippen LogP contribution in [-0.2, 0) is 0 Å². The van der Waals surface area contributed by atoms with Gasteiger partial charge in [0.1, 0.15) is 6.26 Å². The fraction of sp³-hybridized carbons (Fsp3) is 0.500. The molecule has 1 amide bonds. The molecular weight excluding hydrogens is 222 g/mol. The van der Waals surface area contributed by atoms with Crippen LogP contribution in [0, 0.1) is 5.92 Å². The first-order chi connectivity index (χ1) is 8.04. The van der Waals surface area contributed by atoms with E-state index in [0.29, 0.717) is 12.0 Å². The van der Waals surface area contributed by atoms with E-state index >= 15 is 0 Å². The second kappa shape index (κ2) is 6.20. The number of nitrogens with one attached hydrogen (secondary N) is 1. The highest BCUT2D eigenvalue weighted by molar-refractivity contribution is 5.93. The molecule has 5 heteroatoms. The van der Waals surface area contributed by atoms with Gasteiger partial charge in [0.25, 0.3) is 5.91 Å². The number of amides is 1. The summed E-state index contributed by atoms with van der Waals surface area (Å²) in [7, 11) is 0. The topological polar surface area (TPSA) is 79.5 Å². The molecule has 17 heavy (non-hydrogen) atoms. The highest BCUT2D eigenvalue weighted by Crippen LogP contribution is 2.07. The van der Waals surface area contributed by atoms with Crippen LogP contribution in [0.2, 0.25) is 0 Å². The first-order valence-corrected chi connectivity index (χ1v) is 5.55. The summed E-state index contributed by atoms with van der Waals surface area (Å²) in [6, 6.07) is 2.52. The van der Waals surface area contributed by atoms with Crippen LogP contribution in [0.25, 0.3) is 0 Å². The number of hydrogen-bond acceptors (Lipinski definition) is 4. The Morgan fingerprint density at radius 1 is 1.47 bits per heavy atom. The maximum Gasteiger partial charge on any atom is 0.335 e. The van der Waals surface area contributed by atoms with Crippen LogP contribution in [0.1, 0.15) is 30.6 Å². The molecule has 0 radical (unpaired) electrons. The Balaban J connectivity index is 2.70. The molecule has 0 aliphatic carbocycles. The van der Waals surface area contributed by atoms with Crippen molar-refractivity contribution >= 4 is 5.91 Å². The zero-order chi connectivity index (χ0) is 12.8. The third-order valence-corrected chi connectivity index (χ3v) is 2.52. The molecule has 1 aromatic heterocycles. The number of carbonyl (C=O) groups excluding carboxylic acids is 1. The largest absolute Gasteiger partial charge is 0.430 e. The molecule has 1 unspecified atom stereocenters. The molecule has 1 rings (SSSR count). The summed E-state index contributed by atoms with van der Waals surface area (Å²) in [6.07, 6.45) is 1.63. The quantitative estimate of drug-likeness (QED) is 0.795. The van der Waals surface area contributed by atoms with Crippen molar-refractivity contribution in [3.63, 3.8) is 0 Å². The van der Waals surface area contributed by atoms with Gasteiger partial charge < -0.3 is 14.8 Å². The Hall–Kier alpha value is -1.62. The monoisotopic (exact) mass is 239 g/mol. The van der Waals surface area contributed by atoms with Gasteiger partial charge in [0.2, 0.25) is 0 Å². The third-order valence-electron chi connectivity index (χ3n) is 2.52. The summed E-state index contributed by atoms with van der Waals surface area (Å²) in [5, 5.41) is 11.7. The number of aliphatic hydroxyl groups is 1. The Morgan fingerprint density at radius 2 is 2.18 bits per heavy atom. The van der Waals surface area contributed by atoms with Crippen molar-refractivity contribution in [1.82, 2.24) is 5.32 Å². The number of hydrogen-bond donors (Lipinski definition) is 2. The fourth-order valence-corrected chi connectivity index (χ4v) is 1.45. The van der Waals surface area contributed by atoms with E-state index in [9.17, 15) is 9.59 Å². The molecule has 94 valence electrons. The van der Waals surface area contributed by atoms with Gasteiger partial charge in [-0.1, -0.05) is 13.8 Å². The molecule has 2 N–H and O–H groups in total. The summed E-state index contributed by atoms with van der Waals surface area (Å²) in [5.74, 6) is -0.0808. The second-order valence-electron chi connectivity index (χ2n) is 4.18. The van der Waals surface area contributed by atoms with Crippen molar-refractivity contribution in [2.45, 2.75) is 26.3 Å². The molecule has 1 heterocycles. The summed E-state index contributed by atoms with van der Waals surface area (Å²) in [5.41, 5.74) is -0.189. The highest BCUT2D eigenvalue weighted by atomic mass is 16.4. The molecule has 5 nitrogen and oxygen atoms in total. The van der Waals surface area contributed by atoms with Gasteiger partial charge >= 0.3 is 5.63 Å². The minimum absolute atomic E-state index is 0.0208. The molecule has 0 saturated heterocycles. The summed E-state index contributed by atoms with van der Waals surface area (Å²) >= 11 is 0. The second-order valence-corrected chi connectivity index (χ2v) is 4.18. The van der Waals surface area contributed by atoms with Gasteiger partial charge in [0.05, 0.1) is 5.56 Å². The van der Waals surface area contributed by atoms with Crippen molar-refractivity contribution in [1.29, 1.82) is 0 Å². The average Bonchev–Trinajstić information content (AvgIpc) is 2.29. The predicted molar refractivity (Wildman–Crippen MR) is 62.8 cm³/mol. The van der Waals surface area contributed by atoms with Gasteiger partial charge in [-0.05, 0) is 18.4 Å². The van der Waals surface area contributed by atoms with Crippen LogP contribution in [0.5, 0.6) is 0 Å². The van der Waals surface area contributed by atoms with Crippen molar-refractivity contribution < 1.29 is 14.3 Å². The van der Waals surface area contributed by atoms with E-state index in [0.717, 1.165) is 6.26 Å². The van der Waals surface area contributed by atoms with Gasteiger partial charge in [-0.2, -0.15) is 0 Å². The minimum atomic E-state index is -0.489. The number of rotatable bonds is 5. The molecule has 0 aromatic carbocycles. The Kier molecular flexibility index (Phi) is 4.90. The van der Waals surface area contributed by atoms with Gasteiger partial charge in [-0.15, -0.1) is 0 Å². The van der Waals surface area contributed by atoms with Crippen molar-refractivity contribution in [2.24, 2.45) is 5.92 Å². The molecule has 0 bridgehead atoms. The standard InChI is InChI=1S/C12H17NO4/c1-8(2)10(5-6-14)13-12(16)9-3-4-11(15)17-7-9/h3-4,7-8,10,14H,5-6H2,1-2H3,(H,13,16). The number of aliphatic hydroxyl groups excluding tert-OH is 1. The molecule has 0 saturated carbocycles.